The predicted octanol–water partition coefficient (Wildman–Crippen LogP) is 0.472. The smallest absolute Gasteiger partial charge is 0.221 e. The zero-order valence-electron chi connectivity index (χ0n) is 11.1. The van der Waals surface area contributed by atoms with Crippen LogP contribution in [0, 0.1) is 5.92 Å². The van der Waals surface area contributed by atoms with Gasteiger partial charge in [0, 0.05) is 39.4 Å². The molecule has 0 spiro atoms. The van der Waals surface area contributed by atoms with Crippen LogP contribution in [0.1, 0.15) is 25.7 Å². The highest BCUT2D eigenvalue weighted by Gasteiger charge is 2.17. The summed E-state index contributed by atoms with van der Waals surface area (Å²) in [6.45, 7) is 7.13. The highest BCUT2D eigenvalue weighted by Crippen LogP contribution is 2.20. The number of hydrogen-bond donors (Lipinski definition) is 1. The number of hydrazine groups is 1. The van der Waals surface area contributed by atoms with Gasteiger partial charge in [-0.3, -0.25) is 10.2 Å². The zero-order chi connectivity index (χ0) is 12.6. The summed E-state index contributed by atoms with van der Waals surface area (Å²) < 4.78 is 5.38. The number of amides is 1. The minimum Gasteiger partial charge on any atom is -0.381 e. The Kier molecular flexibility index (Phi) is 5.90. The second kappa shape index (κ2) is 7.71. The van der Waals surface area contributed by atoms with E-state index in [0.717, 1.165) is 51.7 Å². The maximum Gasteiger partial charge on any atom is 0.221 e. The molecule has 0 bridgehead atoms. The molecule has 0 atom stereocenters. The van der Waals surface area contributed by atoms with E-state index in [1.807, 2.05) is 5.01 Å². The van der Waals surface area contributed by atoms with Crippen LogP contribution in [0.4, 0.5) is 0 Å². The van der Waals surface area contributed by atoms with Gasteiger partial charge in [0.2, 0.25) is 6.41 Å². The quantitative estimate of drug-likeness (QED) is 0.701. The van der Waals surface area contributed by atoms with E-state index < -0.39 is 0 Å². The summed E-state index contributed by atoms with van der Waals surface area (Å²) >= 11 is 0. The summed E-state index contributed by atoms with van der Waals surface area (Å²) in [4.78, 5) is 12.8. The largest absolute Gasteiger partial charge is 0.381 e. The lowest BCUT2D eigenvalue weighted by Crippen LogP contribution is -2.51. The molecule has 0 unspecified atom stereocenters. The Balaban J connectivity index is 1.53. The lowest BCUT2D eigenvalue weighted by molar-refractivity contribution is -0.114. The van der Waals surface area contributed by atoms with Gasteiger partial charge in [-0.25, -0.2) is 5.01 Å². The van der Waals surface area contributed by atoms with Gasteiger partial charge in [0.25, 0.3) is 0 Å². The molecular formula is C13H25N3O2. The average molecular weight is 255 g/mol. The molecule has 0 aromatic rings. The molecule has 2 heterocycles. The molecule has 2 fully saturated rings. The molecule has 5 heteroatoms. The molecule has 1 amide bonds. The van der Waals surface area contributed by atoms with Crippen molar-refractivity contribution in [2.75, 3.05) is 45.9 Å². The molecule has 104 valence electrons. The molecule has 0 aromatic heterocycles. The Morgan fingerprint density at radius 2 is 1.89 bits per heavy atom. The monoisotopic (exact) mass is 255 g/mol. The van der Waals surface area contributed by atoms with E-state index in [0.29, 0.717) is 0 Å². The van der Waals surface area contributed by atoms with Crippen molar-refractivity contribution in [1.82, 2.24) is 15.3 Å². The fourth-order valence-corrected chi connectivity index (χ4v) is 2.81. The molecule has 0 radical (unpaired) electrons. The van der Waals surface area contributed by atoms with E-state index in [1.165, 1.54) is 32.2 Å². The molecule has 2 saturated heterocycles. The summed E-state index contributed by atoms with van der Waals surface area (Å²) in [6, 6.07) is 0. The first-order chi connectivity index (χ1) is 8.88. The third kappa shape index (κ3) is 4.55. The van der Waals surface area contributed by atoms with Crippen LogP contribution in [-0.4, -0.2) is 62.3 Å². The van der Waals surface area contributed by atoms with Gasteiger partial charge in [-0.05, 0) is 38.1 Å². The molecule has 2 aliphatic heterocycles. The van der Waals surface area contributed by atoms with Crippen LogP contribution in [0.3, 0.4) is 0 Å². The number of nitrogens with zero attached hydrogens (tertiary/aromatic N) is 2. The highest BCUT2D eigenvalue weighted by molar-refractivity contribution is 5.44. The fourth-order valence-electron chi connectivity index (χ4n) is 2.81. The highest BCUT2D eigenvalue weighted by atomic mass is 16.5. The lowest BCUT2D eigenvalue weighted by atomic mass is 9.95. The summed E-state index contributed by atoms with van der Waals surface area (Å²) in [6.07, 6.45) is 5.90. The van der Waals surface area contributed by atoms with Gasteiger partial charge >= 0.3 is 0 Å². The van der Waals surface area contributed by atoms with Crippen LogP contribution in [0.2, 0.25) is 0 Å². The SMILES string of the molecule is O=CNN1CCN(CCCC2CCOCC2)CC1. The molecule has 2 rings (SSSR count). The van der Waals surface area contributed by atoms with Gasteiger partial charge in [0.05, 0.1) is 0 Å². The Hall–Kier alpha value is -0.650. The minimum absolute atomic E-state index is 0.765. The van der Waals surface area contributed by atoms with Crippen LogP contribution in [-0.2, 0) is 9.53 Å². The molecule has 18 heavy (non-hydrogen) atoms. The van der Waals surface area contributed by atoms with Crippen LogP contribution in [0.15, 0.2) is 0 Å². The first-order valence-electron chi connectivity index (χ1n) is 7.13. The zero-order valence-corrected chi connectivity index (χ0v) is 11.1. The van der Waals surface area contributed by atoms with Crippen LogP contribution in [0.5, 0.6) is 0 Å². The second-order valence-corrected chi connectivity index (χ2v) is 5.27. The van der Waals surface area contributed by atoms with E-state index >= 15 is 0 Å². The van der Waals surface area contributed by atoms with Crippen molar-refractivity contribution >= 4 is 6.41 Å². The van der Waals surface area contributed by atoms with E-state index in [9.17, 15) is 4.79 Å². The lowest BCUT2D eigenvalue weighted by Gasteiger charge is -2.34. The number of hydrogen-bond acceptors (Lipinski definition) is 4. The average Bonchev–Trinajstić information content (AvgIpc) is 2.42. The second-order valence-electron chi connectivity index (χ2n) is 5.27. The first kappa shape index (κ1) is 13.8. The first-order valence-corrected chi connectivity index (χ1v) is 7.13. The summed E-state index contributed by atoms with van der Waals surface area (Å²) in [7, 11) is 0. The molecule has 0 saturated carbocycles. The van der Waals surface area contributed by atoms with Gasteiger partial charge in [0.1, 0.15) is 0 Å². The predicted molar refractivity (Wildman–Crippen MR) is 70.0 cm³/mol. The van der Waals surface area contributed by atoms with Gasteiger partial charge in [-0.1, -0.05) is 0 Å². The Morgan fingerprint density at radius 3 is 2.56 bits per heavy atom. The minimum atomic E-state index is 0.765. The number of ether oxygens (including phenoxy) is 1. The summed E-state index contributed by atoms with van der Waals surface area (Å²) in [5.41, 5.74) is 2.73. The number of piperazine rings is 1. The van der Waals surface area contributed by atoms with Gasteiger partial charge in [0.15, 0.2) is 0 Å². The number of carbonyl (C=O) groups is 1. The van der Waals surface area contributed by atoms with Crippen LogP contribution >= 0.6 is 0 Å². The van der Waals surface area contributed by atoms with Crippen molar-refractivity contribution in [3.63, 3.8) is 0 Å². The van der Waals surface area contributed by atoms with Crippen molar-refractivity contribution in [2.45, 2.75) is 25.7 Å². The molecule has 0 aromatic carbocycles. The third-order valence-electron chi connectivity index (χ3n) is 4.04. The van der Waals surface area contributed by atoms with E-state index in [1.54, 1.807) is 0 Å². The Labute approximate surface area is 109 Å². The molecule has 1 N–H and O–H groups in total. The normalized spacial score (nSPS) is 24.0. The van der Waals surface area contributed by atoms with E-state index in [-0.39, 0.29) is 0 Å². The topological polar surface area (TPSA) is 44.8 Å². The standard InChI is InChI=1S/C13H25N3O2/c17-12-14-16-8-6-15(7-9-16)5-1-2-13-3-10-18-11-4-13/h12-13H,1-11H2,(H,14,17). The van der Waals surface area contributed by atoms with Gasteiger partial charge < -0.3 is 9.64 Å². The number of rotatable bonds is 6. The number of nitrogens with one attached hydrogen (secondary N) is 1. The molecule has 0 aliphatic carbocycles. The van der Waals surface area contributed by atoms with Crippen molar-refractivity contribution in [3.05, 3.63) is 0 Å². The molecule has 2 aliphatic rings. The third-order valence-corrected chi connectivity index (χ3v) is 4.04. The molecule has 5 nitrogen and oxygen atoms in total. The molecular weight excluding hydrogens is 230 g/mol. The summed E-state index contributed by atoms with van der Waals surface area (Å²) in [5.74, 6) is 0.886. The maximum absolute atomic E-state index is 10.3. The van der Waals surface area contributed by atoms with Crippen LogP contribution in [0.25, 0.3) is 0 Å². The number of carbonyl (C=O) groups excluding carboxylic acids is 1. The van der Waals surface area contributed by atoms with E-state index in [4.69, 9.17) is 4.74 Å². The van der Waals surface area contributed by atoms with E-state index in [2.05, 4.69) is 10.3 Å². The van der Waals surface area contributed by atoms with Crippen molar-refractivity contribution in [3.8, 4) is 0 Å². The van der Waals surface area contributed by atoms with Crippen molar-refractivity contribution in [2.24, 2.45) is 5.92 Å². The Morgan fingerprint density at radius 1 is 1.17 bits per heavy atom. The van der Waals surface area contributed by atoms with Gasteiger partial charge in [-0.2, -0.15) is 0 Å². The Bertz CT molecular complexity index is 236. The fraction of sp³-hybridized carbons (Fsp3) is 0.923. The summed E-state index contributed by atoms with van der Waals surface area (Å²) in [5, 5.41) is 1.99. The maximum atomic E-state index is 10.3. The van der Waals surface area contributed by atoms with Crippen LogP contribution < -0.4 is 5.43 Å². The van der Waals surface area contributed by atoms with Crippen molar-refractivity contribution in [1.29, 1.82) is 0 Å². The van der Waals surface area contributed by atoms with Crippen molar-refractivity contribution < 1.29 is 9.53 Å². The van der Waals surface area contributed by atoms with Gasteiger partial charge in [-0.15, -0.1) is 0 Å².